The Balaban J connectivity index is 3.04. The van der Waals surface area contributed by atoms with Crippen LogP contribution in [0.4, 0.5) is 5.69 Å². The van der Waals surface area contributed by atoms with Gasteiger partial charge in [0.1, 0.15) is 0 Å². The Kier molecular flexibility index (Phi) is 3.13. The molecule has 0 saturated carbocycles. The molecule has 0 radical (unpaired) electrons. The summed E-state index contributed by atoms with van der Waals surface area (Å²) in [5, 5.41) is 0.216. The Hall–Kier alpha value is -1.07. The third-order valence-corrected chi connectivity index (χ3v) is 2.36. The fourth-order valence-corrected chi connectivity index (χ4v) is 1.68. The minimum atomic E-state index is -3.31. The third kappa shape index (κ3) is 3.01. The quantitative estimate of drug-likeness (QED) is 0.806. The van der Waals surface area contributed by atoms with Crippen LogP contribution < -0.4 is 4.72 Å². The molecule has 1 aromatic carbocycles. The largest absolute Gasteiger partial charge is 0.298 e. The van der Waals surface area contributed by atoms with Crippen LogP contribution >= 0.6 is 11.6 Å². The van der Waals surface area contributed by atoms with Gasteiger partial charge in [0.25, 0.3) is 0 Å². The van der Waals surface area contributed by atoms with Gasteiger partial charge in [-0.05, 0) is 18.2 Å². The number of hydrogen-bond acceptors (Lipinski definition) is 3. The van der Waals surface area contributed by atoms with Gasteiger partial charge in [-0.25, -0.2) is 8.42 Å². The first kappa shape index (κ1) is 11.0. The lowest BCUT2D eigenvalue weighted by molar-refractivity contribution is 0.112. The van der Waals surface area contributed by atoms with Crippen LogP contribution in [0.2, 0.25) is 5.02 Å². The van der Waals surface area contributed by atoms with Crippen molar-refractivity contribution >= 4 is 33.6 Å². The van der Waals surface area contributed by atoms with E-state index in [2.05, 4.69) is 4.72 Å². The Morgan fingerprint density at radius 2 is 2.07 bits per heavy atom. The minimum Gasteiger partial charge on any atom is -0.298 e. The van der Waals surface area contributed by atoms with Gasteiger partial charge < -0.3 is 0 Å². The number of benzene rings is 1. The van der Waals surface area contributed by atoms with Gasteiger partial charge in [-0.1, -0.05) is 11.6 Å². The number of rotatable bonds is 3. The molecule has 1 N–H and O–H groups in total. The molecule has 1 rings (SSSR count). The Morgan fingerprint density at radius 3 is 2.50 bits per heavy atom. The summed E-state index contributed by atoms with van der Waals surface area (Å²) in [7, 11) is -3.31. The first-order valence-electron chi connectivity index (χ1n) is 3.65. The van der Waals surface area contributed by atoms with Crippen molar-refractivity contribution in [1.29, 1.82) is 0 Å². The number of hydrogen-bond donors (Lipinski definition) is 1. The lowest BCUT2D eigenvalue weighted by Crippen LogP contribution is -2.09. The maximum Gasteiger partial charge on any atom is 0.229 e. The third-order valence-electron chi connectivity index (χ3n) is 1.43. The van der Waals surface area contributed by atoms with Crippen molar-refractivity contribution in [1.82, 2.24) is 0 Å². The molecule has 0 atom stereocenters. The molecule has 4 nitrogen and oxygen atoms in total. The van der Waals surface area contributed by atoms with Gasteiger partial charge in [0.15, 0.2) is 6.29 Å². The molecule has 0 aliphatic heterocycles. The van der Waals surface area contributed by atoms with Crippen molar-refractivity contribution in [3.05, 3.63) is 28.8 Å². The van der Waals surface area contributed by atoms with E-state index in [1.165, 1.54) is 18.2 Å². The fourth-order valence-electron chi connectivity index (χ4n) is 0.900. The Morgan fingerprint density at radius 1 is 1.43 bits per heavy atom. The van der Waals surface area contributed by atoms with E-state index in [1.54, 1.807) is 0 Å². The highest BCUT2D eigenvalue weighted by Crippen LogP contribution is 2.19. The molecule has 0 fully saturated rings. The summed E-state index contributed by atoms with van der Waals surface area (Å²) in [6.07, 6.45) is 1.64. The second-order valence-electron chi connectivity index (χ2n) is 2.73. The van der Waals surface area contributed by atoms with E-state index < -0.39 is 10.0 Å². The first-order valence-corrected chi connectivity index (χ1v) is 5.92. The fraction of sp³-hybridized carbons (Fsp3) is 0.125. The molecule has 0 saturated heterocycles. The maximum atomic E-state index is 10.8. The number of carbonyl (C=O) groups is 1. The zero-order valence-corrected chi connectivity index (χ0v) is 8.89. The topological polar surface area (TPSA) is 63.2 Å². The van der Waals surface area contributed by atoms with Crippen LogP contribution in [0.1, 0.15) is 10.4 Å². The summed E-state index contributed by atoms with van der Waals surface area (Å²) in [6, 6.07) is 4.30. The lowest BCUT2D eigenvalue weighted by Gasteiger charge is -2.04. The summed E-state index contributed by atoms with van der Waals surface area (Å²) < 4.78 is 23.9. The van der Waals surface area contributed by atoms with Crippen molar-refractivity contribution in [2.45, 2.75) is 0 Å². The molecule has 0 spiro atoms. The highest BCUT2D eigenvalue weighted by molar-refractivity contribution is 7.92. The monoisotopic (exact) mass is 233 g/mol. The smallest absolute Gasteiger partial charge is 0.229 e. The standard InChI is InChI=1S/C8H8ClNO3S/c1-14(12,13)10-7-3-2-6(5-11)8(9)4-7/h2-5,10H,1H3. The second-order valence-corrected chi connectivity index (χ2v) is 4.88. The molecule has 0 bridgehead atoms. The van der Waals surface area contributed by atoms with Crippen molar-refractivity contribution in [3.8, 4) is 0 Å². The number of nitrogens with one attached hydrogen (secondary N) is 1. The highest BCUT2D eigenvalue weighted by Gasteiger charge is 2.04. The molecule has 0 amide bonds. The minimum absolute atomic E-state index is 0.216. The van der Waals surface area contributed by atoms with Gasteiger partial charge in [-0.15, -0.1) is 0 Å². The lowest BCUT2D eigenvalue weighted by atomic mass is 10.2. The van der Waals surface area contributed by atoms with E-state index in [0.717, 1.165) is 6.26 Å². The van der Waals surface area contributed by atoms with Crippen molar-refractivity contribution in [2.75, 3.05) is 11.0 Å². The molecular formula is C8H8ClNO3S. The molecule has 14 heavy (non-hydrogen) atoms. The summed E-state index contributed by atoms with van der Waals surface area (Å²) in [4.78, 5) is 10.4. The Labute approximate surface area is 86.9 Å². The van der Waals surface area contributed by atoms with Crippen molar-refractivity contribution < 1.29 is 13.2 Å². The molecule has 0 aromatic heterocycles. The molecule has 6 heteroatoms. The molecule has 0 unspecified atom stereocenters. The van der Waals surface area contributed by atoms with E-state index in [1.807, 2.05) is 0 Å². The van der Waals surface area contributed by atoms with Crippen LogP contribution in [-0.4, -0.2) is 21.0 Å². The summed E-state index contributed by atoms with van der Waals surface area (Å²) >= 11 is 5.69. The number of anilines is 1. The van der Waals surface area contributed by atoms with Crippen LogP contribution in [0.25, 0.3) is 0 Å². The number of sulfonamides is 1. The molecule has 0 aliphatic rings. The molecule has 0 aliphatic carbocycles. The van der Waals surface area contributed by atoms with Crippen LogP contribution in [0, 0.1) is 0 Å². The second kappa shape index (κ2) is 3.98. The summed E-state index contributed by atoms with van der Waals surface area (Å²) in [5.41, 5.74) is 0.661. The van der Waals surface area contributed by atoms with E-state index in [-0.39, 0.29) is 5.02 Å². The van der Waals surface area contributed by atoms with Gasteiger partial charge in [0, 0.05) is 11.3 Å². The maximum absolute atomic E-state index is 10.8. The van der Waals surface area contributed by atoms with E-state index >= 15 is 0 Å². The van der Waals surface area contributed by atoms with Gasteiger partial charge in [-0.3, -0.25) is 9.52 Å². The van der Waals surface area contributed by atoms with Crippen LogP contribution in [0.3, 0.4) is 0 Å². The van der Waals surface area contributed by atoms with Gasteiger partial charge >= 0.3 is 0 Å². The normalized spacial score (nSPS) is 11.0. The predicted molar refractivity (Wildman–Crippen MR) is 55.3 cm³/mol. The van der Waals surface area contributed by atoms with E-state index in [4.69, 9.17) is 11.6 Å². The van der Waals surface area contributed by atoms with Gasteiger partial charge in [-0.2, -0.15) is 0 Å². The van der Waals surface area contributed by atoms with Gasteiger partial charge in [0.05, 0.1) is 11.3 Å². The zero-order valence-electron chi connectivity index (χ0n) is 7.32. The highest BCUT2D eigenvalue weighted by atomic mass is 35.5. The van der Waals surface area contributed by atoms with Gasteiger partial charge in [0.2, 0.25) is 10.0 Å². The average molecular weight is 234 g/mol. The van der Waals surface area contributed by atoms with Crippen molar-refractivity contribution in [2.24, 2.45) is 0 Å². The zero-order chi connectivity index (χ0) is 10.8. The molecule has 76 valence electrons. The summed E-state index contributed by atoms with van der Waals surface area (Å²) in [6.45, 7) is 0. The van der Waals surface area contributed by atoms with Crippen LogP contribution in [-0.2, 0) is 10.0 Å². The average Bonchev–Trinajstić information content (AvgIpc) is 2.01. The van der Waals surface area contributed by atoms with E-state index in [0.29, 0.717) is 17.5 Å². The first-order chi connectivity index (χ1) is 6.42. The Bertz CT molecular complexity index is 456. The van der Waals surface area contributed by atoms with Crippen LogP contribution in [0.15, 0.2) is 18.2 Å². The molecule has 1 aromatic rings. The molecular weight excluding hydrogens is 226 g/mol. The predicted octanol–water partition coefficient (Wildman–Crippen LogP) is 1.52. The van der Waals surface area contributed by atoms with E-state index in [9.17, 15) is 13.2 Å². The number of halogens is 1. The number of aldehydes is 1. The van der Waals surface area contributed by atoms with Crippen molar-refractivity contribution in [3.63, 3.8) is 0 Å². The molecule has 0 heterocycles. The SMILES string of the molecule is CS(=O)(=O)Nc1ccc(C=O)c(Cl)c1. The van der Waals surface area contributed by atoms with Crippen LogP contribution in [0.5, 0.6) is 0 Å². The summed E-state index contributed by atoms with van der Waals surface area (Å²) in [5.74, 6) is 0. The number of carbonyl (C=O) groups excluding carboxylic acids is 1.